The lowest BCUT2D eigenvalue weighted by atomic mass is 10.1. The Kier molecular flexibility index (Phi) is 5.81. The zero-order valence-corrected chi connectivity index (χ0v) is 13.2. The molecular formula is C17H19ClN2O2. The topological polar surface area (TPSA) is 61.4 Å². The number of nitrogens with one attached hydrogen (secondary N) is 2. The van der Waals surface area contributed by atoms with Gasteiger partial charge in [0.15, 0.2) is 0 Å². The number of anilines is 1. The average molecular weight is 319 g/mol. The van der Waals surface area contributed by atoms with Crippen molar-refractivity contribution in [3.63, 3.8) is 0 Å². The van der Waals surface area contributed by atoms with Crippen LogP contribution in [0.3, 0.4) is 0 Å². The molecule has 0 bridgehead atoms. The first-order valence-electron chi connectivity index (χ1n) is 7.04. The van der Waals surface area contributed by atoms with E-state index in [9.17, 15) is 4.79 Å². The number of halogens is 1. The van der Waals surface area contributed by atoms with Gasteiger partial charge in [-0.3, -0.25) is 4.79 Å². The summed E-state index contributed by atoms with van der Waals surface area (Å²) >= 11 is 6.05. The van der Waals surface area contributed by atoms with Gasteiger partial charge in [-0.25, -0.2) is 0 Å². The van der Waals surface area contributed by atoms with Crippen LogP contribution in [-0.2, 0) is 17.9 Å². The van der Waals surface area contributed by atoms with Gasteiger partial charge >= 0.3 is 0 Å². The molecule has 0 aromatic heterocycles. The molecule has 2 rings (SSSR count). The van der Waals surface area contributed by atoms with E-state index < -0.39 is 0 Å². The number of amides is 1. The second-order valence-electron chi connectivity index (χ2n) is 5.09. The summed E-state index contributed by atoms with van der Waals surface area (Å²) in [5, 5.41) is 15.4. The van der Waals surface area contributed by atoms with E-state index >= 15 is 0 Å². The summed E-state index contributed by atoms with van der Waals surface area (Å²) in [6, 6.07) is 13.2. The Bertz CT molecular complexity index is 642. The fourth-order valence-corrected chi connectivity index (χ4v) is 2.14. The summed E-state index contributed by atoms with van der Waals surface area (Å²) in [6.45, 7) is 2.58. The van der Waals surface area contributed by atoms with Crippen molar-refractivity contribution in [1.29, 1.82) is 0 Å². The fourth-order valence-electron chi connectivity index (χ4n) is 1.95. The van der Waals surface area contributed by atoms with Gasteiger partial charge in [0.25, 0.3) is 0 Å². The third-order valence-electron chi connectivity index (χ3n) is 3.26. The minimum atomic E-state index is -0.119. The maximum Gasteiger partial charge on any atom is 0.239 e. The van der Waals surface area contributed by atoms with Crippen molar-refractivity contribution in [2.75, 3.05) is 11.9 Å². The largest absolute Gasteiger partial charge is 0.392 e. The summed E-state index contributed by atoms with van der Waals surface area (Å²) in [7, 11) is 0. The molecule has 0 atom stereocenters. The SMILES string of the molecule is Cc1ccc(CNC(=O)CNc2cc(CO)ccc2Cl)cc1. The molecule has 4 nitrogen and oxygen atoms in total. The summed E-state index contributed by atoms with van der Waals surface area (Å²) in [5.74, 6) is -0.119. The number of aliphatic hydroxyl groups excluding tert-OH is 1. The number of carbonyl (C=O) groups is 1. The van der Waals surface area contributed by atoms with Crippen molar-refractivity contribution in [2.24, 2.45) is 0 Å². The molecule has 0 aliphatic rings. The average Bonchev–Trinajstić information content (AvgIpc) is 2.53. The van der Waals surface area contributed by atoms with Crippen molar-refractivity contribution in [3.8, 4) is 0 Å². The quantitative estimate of drug-likeness (QED) is 0.767. The van der Waals surface area contributed by atoms with Gasteiger partial charge in [0.05, 0.1) is 23.9 Å². The Morgan fingerprint density at radius 3 is 2.50 bits per heavy atom. The molecule has 3 N–H and O–H groups in total. The zero-order chi connectivity index (χ0) is 15.9. The van der Waals surface area contributed by atoms with Gasteiger partial charge in [-0.05, 0) is 30.2 Å². The Balaban J connectivity index is 1.84. The summed E-state index contributed by atoms with van der Waals surface area (Å²) in [6.07, 6.45) is 0. The van der Waals surface area contributed by atoms with Crippen LogP contribution in [0.4, 0.5) is 5.69 Å². The second-order valence-corrected chi connectivity index (χ2v) is 5.50. The monoisotopic (exact) mass is 318 g/mol. The minimum Gasteiger partial charge on any atom is -0.392 e. The first kappa shape index (κ1) is 16.3. The summed E-state index contributed by atoms with van der Waals surface area (Å²) in [5.41, 5.74) is 3.63. The molecule has 0 aliphatic carbocycles. The third-order valence-corrected chi connectivity index (χ3v) is 3.59. The first-order valence-corrected chi connectivity index (χ1v) is 7.41. The predicted molar refractivity (Wildman–Crippen MR) is 88.9 cm³/mol. The van der Waals surface area contributed by atoms with Gasteiger partial charge in [-0.15, -0.1) is 0 Å². The molecule has 22 heavy (non-hydrogen) atoms. The van der Waals surface area contributed by atoms with Gasteiger partial charge in [-0.2, -0.15) is 0 Å². The van der Waals surface area contributed by atoms with Gasteiger partial charge in [0, 0.05) is 6.54 Å². The number of hydrogen-bond acceptors (Lipinski definition) is 3. The van der Waals surface area contributed by atoms with Crippen LogP contribution in [-0.4, -0.2) is 17.6 Å². The van der Waals surface area contributed by atoms with E-state index in [1.165, 1.54) is 5.56 Å². The lowest BCUT2D eigenvalue weighted by Crippen LogP contribution is -2.29. The van der Waals surface area contributed by atoms with Crippen LogP contribution in [0, 0.1) is 6.92 Å². The van der Waals surface area contributed by atoms with Gasteiger partial charge < -0.3 is 15.7 Å². The van der Waals surface area contributed by atoms with Crippen LogP contribution in [0.25, 0.3) is 0 Å². The molecule has 0 saturated heterocycles. The summed E-state index contributed by atoms with van der Waals surface area (Å²) < 4.78 is 0. The van der Waals surface area contributed by atoms with Crippen molar-refractivity contribution in [3.05, 3.63) is 64.2 Å². The van der Waals surface area contributed by atoms with E-state index in [-0.39, 0.29) is 19.1 Å². The molecule has 1 amide bonds. The minimum absolute atomic E-state index is 0.0640. The van der Waals surface area contributed by atoms with E-state index in [1.54, 1.807) is 18.2 Å². The van der Waals surface area contributed by atoms with E-state index in [4.69, 9.17) is 16.7 Å². The highest BCUT2D eigenvalue weighted by molar-refractivity contribution is 6.33. The van der Waals surface area contributed by atoms with Crippen molar-refractivity contribution in [2.45, 2.75) is 20.1 Å². The third kappa shape index (κ3) is 4.76. The number of hydrogen-bond donors (Lipinski definition) is 3. The van der Waals surface area contributed by atoms with E-state index in [0.717, 1.165) is 11.1 Å². The van der Waals surface area contributed by atoms with Crippen LogP contribution < -0.4 is 10.6 Å². The molecule has 0 fully saturated rings. The maximum absolute atomic E-state index is 11.9. The molecule has 2 aromatic carbocycles. The highest BCUT2D eigenvalue weighted by Gasteiger charge is 2.05. The zero-order valence-electron chi connectivity index (χ0n) is 12.4. The van der Waals surface area contributed by atoms with Gasteiger partial charge in [0.2, 0.25) is 5.91 Å². The van der Waals surface area contributed by atoms with Crippen molar-refractivity contribution < 1.29 is 9.90 Å². The Hall–Kier alpha value is -2.04. The Morgan fingerprint density at radius 2 is 1.82 bits per heavy atom. The molecule has 0 heterocycles. The van der Waals surface area contributed by atoms with Crippen LogP contribution in [0.2, 0.25) is 5.02 Å². The van der Waals surface area contributed by atoms with Crippen LogP contribution in [0.5, 0.6) is 0 Å². The highest BCUT2D eigenvalue weighted by atomic mass is 35.5. The van der Waals surface area contributed by atoms with E-state index in [1.807, 2.05) is 31.2 Å². The first-order chi connectivity index (χ1) is 10.6. The molecule has 5 heteroatoms. The fraction of sp³-hybridized carbons (Fsp3) is 0.235. The predicted octanol–water partition coefficient (Wildman–Crippen LogP) is 2.87. The van der Waals surface area contributed by atoms with Crippen molar-refractivity contribution in [1.82, 2.24) is 5.32 Å². The number of aliphatic hydroxyl groups is 1. The number of aryl methyl sites for hydroxylation is 1. The lowest BCUT2D eigenvalue weighted by molar-refractivity contribution is -0.119. The van der Waals surface area contributed by atoms with Crippen LogP contribution in [0.1, 0.15) is 16.7 Å². The number of rotatable bonds is 6. The standard InChI is InChI=1S/C17H19ClN2O2/c1-12-2-4-13(5-3-12)9-20-17(22)10-19-16-8-14(11-21)6-7-15(16)18/h2-8,19,21H,9-11H2,1H3,(H,20,22). The Morgan fingerprint density at radius 1 is 1.14 bits per heavy atom. The molecule has 0 spiro atoms. The number of benzene rings is 2. The molecule has 0 radical (unpaired) electrons. The molecule has 0 saturated carbocycles. The lowest BCUT2D eigenvalue weighted by Gasteiger charge is -2.10. The second kappa shape index (κ2) is 7.82. The van der Waals surface area contributed by atoms with Gasteiger partial charge in [0.1, 0.15) is 0 Å². The molecular weight excluding hydrogens is 300 g/mol. The van der Waals surface area contributed by atoms with E-state index in [0.29, 0.717) is 17.3 Å². The maximum atomic E-state index is 11.9. The molecule has 116 valence electrons. The smallest absolute Gasteiger partial charge is 0.239 e. The summed E-state index contributed by atoms with van der Waals surface area (Å²) in [4.78, 5) is 11.9. The van der Waals surface area contributed by atoms with Crippen molar-refractivity contribution >= 4 is 23.2 Å². The molecule has 0 aliphatic heterocycles. The normalized spacial score (nSPS) is 10.3. The molecule has 0 unspecified atom stereocenters. The highest BCUT2D eigenvalue weighted by Crippen LogP contribution is 2.22. The number of carbonyl (C=O) groups excluding carboxylic acids is 1. The van der Waals surface area contributed by atoms with E-state index in [2.05, 4.69) is 10.6 Å². The molecule has 2 aromatic rings. The Labute approximate surface area is 135 Å². The van der Waals surface area contributed by atoms with Gasteiger partial charge in [-0.1, -0.05) is 47.5 Å². The van der Waals surface area contributed by atoms with Crippen LogP contribution in [0.15, 0.2) is 42.5 Å². The van der Waals surface area contributed by atoms with Crippen LogP contribution >= 0.6 is 11.6 Å².